The number of nitrogens with zero attached hydrogens (tertiary/aromatic N) is 1. The van der Waals surface area contributed by atoms with E-state index in [0.717, 1.165) is 12.8 Å². The van der Waals surface area contributed by atoms with Gasteiger partial charge in [-0.3, -0.25) is 4.79 Å². The second kappa shape index (κ2) is 8.57. The molecule has 1 amide bonds. The molecule has 0 aliphatic carbocycles. The third-order valence-corrected chi connectivity index (χ3v) is 2.91. The lowest BCUT2D eigenvalue weighted by molar-refractivity contribution is -0.154. The predicted octanol–water partition coefficient (Wildman–Crippen LogP) is 2.27. The molecule has 3 N–H and O–H groups in total. The summed E-state index contributed by atoms with van der Waals surface area (Å²) in [5.74, 6) is -0.889. The molecule has 0 saturated carbocycles. The molecule has 0 spiro atoms. The molecule has 0 aromatic carbocycles. The third-order valence-electron chi connectivity index (χ3n) is 2.91. The summed E-state index contributed by atoms with van der Waals surface area (Å²) in [5.41, 5.74) is 5.54. The van der Waals surface area contributed by atoms with E-state index in [2.05, 4.69) is 15.0 Å². The second-order valence-corrected chi connectivity index (χ2v) is 4.81. The van der Waals surface area contributed by atoms with E-state index in [4.69, 9.17) is 5.73 Å². The van der Waals surface area contributed by atoms with Crippen LogP contribution in [0, 0.1) is 0 Å². The summed E-state index contributed by atoms with van der Waals surface area (Å²) >= 11 is 0. The SMILES string of the molecule is CCCCC(CN)NC(=O)c1cccnc1OCC(F)(F)F. The maximum atomic E-state index is 12.2. The van der Waals surface area contributed by atoms with Crippen LogP contribution in [0.4, 0.5) is 13.2 Å². The number of pyridine rings is 1. The number of nitrogens with two attached hydrogens (primary N) is 1. The summed E-state index contributed by atoms with van der Waals surface area (Å²) in [5, 5.41) is 2.69. The third kappa shape index (κ3) is 6.30. The lowest BCUT2D eigenvalue weighted by atomic mass is 10.1. The Morgan fingerprint density at radius 1 is 1.50 bits per heavy atom. The number of halogens is 3. The summed E-state index contributed by atoms with van der Waals surface area (Å²) in [4.78, 5) is 15.8. The predicted molar refractivity (Wildman–Crippen MR) is 75.6 cm³/mol. The van der Waals surface area contributed by atoms with Gasteiger partial charge >= 0.3 is 6.18 Å². The minimum absolute atomic E-state index is 0.0401. The number of unbranched alkanes of at least 4 members (excludes halogenated alkanes) is 1. The average molecular weight is 319 g/mol. The first-order valence-electron chi connectivity index (χ1n) is 7.03. The number of ether oxygens (including phenoxy) is 1. The molecule has 1 unspecified atom stereocenters. The van der Waals surface area contributed by atoms with Crippen LogP contribution < -0.4 is 15.8 Å². The largest absolute Gasteiger partial charge is 0.467 e. The highest BCUT2D eigenvalue weighted by Gasteiger charge is 2.29. The van der Waals surface area contributed by atoms with Crippen molar-refractivity contribution in [2.45, 2.75) is 38.4 Å². The van der Waals surface area contributed by atoms with E-state index in [-0.39, 0.29) is 24.0 Å². The van der Waals surface area contributed by atoms with Gasteiger partial charge in [-0.05, 0) is 18.6 Å². The van der Waals surface area contributed by atoms with Crippen molar-refractivity contribution in [1.29, 1.82) is 0 Å². The van der Waals surface area contributed by atoms with Crippen molar-refractivity contribution in [3.8, 4) is 5.88 Å². The Kier molecular flexibility index (Phi) is 7.10. The van der Waals surface area contributed by atoms with Gasteiger partial charge in [0.15, 0.2) is 6.61 Å². The van der Waals surface area contributed by atoms with E-state index in [1.807, 2.05) is 6.92 Å². The standard InChI is InChI=1S/C14H20F3N3O2/c1-2-3-5-10(8-18)20-12(21)11-6-4-7-19-13(11)22-9-14(15,16)17/h4,6-7,10H,2-3,5,8-9,18H2,1H3,(H,20,21). The Labute approximate surface area is 127 Å². The number of nitrogens with one attached hydrogen (secondary N) is 1. The fourth-order valence-electron chi connectivity index (χ4n) is 1.79. The van der Waals surface area contributed by atoms with Crippen LogP contribution in [0.2, 0.25) is 0 Å². The minimum Gasteiger partial charge on any atom is -0.467 e. The van der Waals surface area contributed by atoms with E-state index in [0.29, 0.717) is 6.42 Å². The Morgan fingerprint density at radius 2 is 2.23 bits per heavy atom. The number of carbonyl (C=O) groups excluding carboxylic acids is 1. The highest BCUT2D eigenvalue weighted by atomic mass is 19.4. The van der Waals surface area contributed by atoms with E-state index in [1.54, 1.807) is 0 Å². The molecular formula is C14H20F3N3O2. The van der Waals surface area contributed by atoms with Crippen molar-refractivity contribution < 1.29 is 22.7 Å². The van der Waals surface area contributed by atoms with E-state index >= 15 is 0 Å². The van der Waals surface area contributed by atoms with Crippen LogP contribution >= 0.6 is 0 Å². The number of aromatic nitrogens is 1. The van der Waals surface area contributed by atoms with Gasteiger partial charge < -0.3 is 15.8 Å². The van der Waals surface area contributed by atoms with Gasteiger partial charge in [-0.15, -0.1) is 0 Å². The van der Waals surface area contributed by atoms with Crippen molar-refractivity contribution in [3.05, 3.63) is 23.9 Å². The molecule has 22 heavy (non-hydrogen) atoms. The molecule has 8 heteroatoms. The van der Waals surface area contributed by atoms with Gasteiger partial charge in [0.25, 0.3) is 5.91 Å². The first-order chi connectivity index (χ1) is 10.4. The number of rotatable bonds is 8. The zero-order chi connectivity index (χ0) is 16.6. The Hall–Kier alpha value is -1.83. The zero-order valence-electron chi connectivity index (χ0n) is 12.3. The van der Waals surface area contributed by atoms with Gasteiger partial charge in [0.1, 0.15) is 5.56 Å². The first kappa shape index (κ1) is 18.2. The van der Waals surface area contributed by atoms with Crippen molar-refractivity contribution in [3.63, 3.8) is 0 Å². The molecule has 1 rings (SSSR count). The molecular weight excluding hydrogens is 299 g/mol. The number of carbonyl (C=O) groups is 1. The fraction of sp³-hybridized carbons (Fsp3) is 0.571. The fourth-order valence-corrected chi connectivity index (χ4v) is 1.79. The van der Waals surface area contributed by atoms with Crippen LogP contribution in [0.25, 0.3) is 0 Å². The Morgan fingerprint density at radius 3 is 2.82 bits per heavy atom. The van der Waals surface area contributed by atoms with E-state index in [1.165, 1.54) is 18.3 Å². The number of hydrogen-bond acceptors (Lipinski definition) is 4. The Bertz CT molecular complexity index is 481. The molecule has 0 saturated heterocycles. The monoisotopic (exact) mass is 319 g/mol. The minimum atomic E-state index is -4.49. The van der Waals surface area contributed by atoms with Crippen LogP contribution in [0.1, 0.15) is 36.5 Å². The van der Waals surface area contributed by atoms with Gasteiger partial charge in [-0.2, -0.15) is 13.2 Å². The van der Waals surface area contributed by atoms with Gasteiger partial charge in [0.05, 0.1) is 0 Å². The van der Waals surface area contributed by atoms with E-state index in [9.17, 15) is 18.0 Å². The van der Waals surface area contributed by atoms with E-state index < -0.39 is 18.7 Å². The van der Waals surface area contributed by atoms with Gasteiger partial charge in [0.2, 0.25) is 5.88 Å². The van der Waals surface area contributed by atoms with Gasteiger partial charge in [-0.1, -0.05) is 19.8 Å². The van der Waals surface area contributed by atoms with Crippen molar-refractivity contribution >= 4 is 5.91 Å². The smallest absolute Gasteiger partial charge is 0.422 e. The quantitative estimate of drug-likeness (QED) is 0.770. The van der Waals surface area contributed by atoms with Crippen LogP contribution in [0.3, 0.4) is 0 Å². The van der Waals surface area contributed by atoms with Crippen LogP contribution in [-0.2, 0) is 0 Å². The summed E-state index contributed by atoms with van der Waals surface area (Å²) < 4.78 is 41.2. The van der Waals surface area contributed by atoms with Gasteiger partial charge in [0, 0.05) is 18.8 Å². The molecule has 1 aromatic rings. The molecule has 0 radical (unpaired) electrons. The van der Waals surface area contributed by atoms with Crippen LogP contribution in [0.5, 0.6) is 5.88 Å². The molecule has 1 aromatic heterocycles. The van der Waals surface area contributed by atoms with Crippen molar-refractivity contribution in [1.82, 2.24) is 10.3 Å². The summed E-state index contributed by atoms with van der Waals surface area (Å²) in [6.07, 6.45) is -0.671. The highest BCUT2D eigenvalue weighted by molar-refractivity contribution is 5.96. The number of amides is 1. The Balaban J connectivity index is 2.75. The van der Waals surface area contributed by atoms with Crippen molar-refractivity contribution in [2.75, 3.05) is 13.2 Å². The normalized spacial score (nSPS) is 12.8. The molecule has 5 nitrogen and oxygen atoms in total. The van der Waals surface area contributed by atoms with Crippen LogP contribution in [0.15, 0.2) is 18.3 Å². The molecule has 1 atom stereocenters. The summed E-state index contributed by atoms with van der Waals surface area (Å²) in [6, 6.07) is 2.59. The number of hydrogen-bond donors (Lipinski definition) is 2. The highest BCUT2D eigenvalue weighted by Crippen LogP contribution is 2.20. The maximum Gasteiger partial charge on any atom is 0.422 e. The molecule has 1 heterocycles. The topological polar surface area (TPSA) is 77.2 Å². The second-order valence-electron chi connectivity index (χ2n) is 4.81. The molecule has 124 valence electrons. The molecule has 0 fully saturated rings. The zero-order valence-corrected chi connectivity index (χ0v) is 12.3. The first-order valence-corrected chi connectivity index (χ1v) is 7.03. The summed E-state index contributed by atoms with van der Waals surface area (Å²) in [7, 11) is 0. The maximum absolute atomic E-state index is 12.2. The molecule has 0 bridgehead atoms. The summed E-state index contributed by atoms with van der Waals surface area (Å²) in [6.45, 7) is 0.769. The molecule has 0 aliphatic rings. The lowest BCUT2D eigenvalue weighted by Crippen LogP contribution is -2.40. The van der Waals surface area contributed by atoms with Crippen LogP contribution in [-0.4, -0.2) is 36.3 Å². The molecule has 0 aliphatic heterocycles. The van der Waals surface area contributed by atoms with Crippen molar-refractivity contribution in [2.24, 2.45) is 5.73 Å². The van der Waals surface area contributed by atoms with Gasteiger partial charge in [-0.25, -0.2) is 4.98 Å². The average Bonchev–Trinajstić information content (AvgIpc) is 2.48. The lowest BCUT2D eigenvalue weighted by Gasteiger charge is -2.17. The number of alkyl halides is 3.